The van der Waals surface area contributed by atoms with Gasteiger partial charge in [-0.2, -0.15) is 0 Å². The number of nitrogens with one attached hydrogen (secondary N) is 1. The highest BCUT2D eigenvalue weighted by atomic mass is 19.1. The third-order valence-electron chi connectivity index (χ3n) is 8.16. The van der Waals surface area contributed by atoms with Crippen LogP contribution in [0.5, 0.6) is 5.75 Å². The minimum absolute atomic E-state index is 0.00425. The third-order valence-corrected chi connectivity index (χ3v) is 8.16. The van der Waals surface area contributed by atoms with Crippen LogP contribution >= 0.6 is 0 Å². The van der Waals surface area contributed by atoms with Crippen LogP contribution < -0.4 is 10.1 Å². The van der Waals surface area contributed by atoms with Crippen molar-refractivity contribution in [3.05, 3.63) is 52.5 Å². The van der Waals surface area contributed by atoms with Crippen LogP contribution in [0.1, 0.15) is 72.9 Å². The molecule has 2 saturated heterocycles. The molecule has 39 heavy (non-hydrogen) atoms. The van der Waals surface area contributed by atoms with E-state index in [1.807, 2.05) is 4.90 Å². The van der Waals surface area contributed by atoms with E-state index in [9.17, 15) is 14.3 Å². The summed E-state index contributed by atoms with van der Waals surface area (Å²) in [6.45, 7) is 3.96. The molecule has 1 unspecified atom stereocenters. The van der Waals surface area contributed by atoms with Crippen molar-refractivity contribution in [3.8, 4) is 5.75 Å². The summed E-state index contributed by atoms with van der Waals surface area (Å²) in [5.41, 5.74) is 3.72. The Balaban J connectivity index is 1.07. The zero-order valence-corrected chi connectivity index (χ0v) is 22.8. The standard InChI is InChI=1S/C30H40FN3O5/c1-37-27-17-22(33-29-25(27)7-5-12-32-29)6-3-2-4-13-39-23-18-34(19-23)28(30(35)36)26-16-21(31)8-9-24(26)20-10-14-38-15-11-20/h8-9,16-17,20,23,28H,2-7,10-15,18-19H2,1H3,(H,32,33)(H,35,36). The van der Waals surface area contributed by atoms with Gasteiger partial charge < -0.3 is 24.6 Å². The van der Waals surface area contributed by atoms with Gasteiger partial charge in [0, 0.05) is 56.8 Å². The first-order valence-electron chi connectivity index (χ1n) is 14.3. The Morgan fingerprint density at radius 2 is 2.05 bits per heavy atom. The number of aryl methyl sites for hydroxylation is 1. The predicted molar refractivity (Wildman–Crippen MR) is 146 cm³/mol. The molecule has 3 aliphatic heterocycles. The zero-order valence-electron chi connectivity index (χ0n) is 22.8. The maximum absolute atomic E-state index is 14.2. The zero-order chi connectivity index (χ0) is 27.2. The quantitative estimate of drug-likeness (QED) is 0.373. The van der Waals surface area contributed by atoms with Crippen molar-refractivity contribution in [3.63, 3.8) is 0 Å². The molecule has 0 spiro atoms. The Hall–Kier alpha value is -2.75. The summed E-state index contributed by atoms with van der Waals surface area (Å²) in [5, 5.41) is 13.5. The van der Waals surface area contributed by atoms with Crippen molar-refractivity contribution in [1.82, 2.24) is 9.88 Å². The van der Waals surface area contributed by atoms with Crippen LogP contribution in [0.25, 0.3) is 0 Å². The van der Waals surface area contributed by atoms with Crippen LogP contribution in [0, 0.1) is 5.82 Å². The first kappa shape index (κ1) is 27.8. The molecule has 212 valence electrons. The fourth-order valence-electron chi connectivity index (χ4n) is 6.04. The number of fused-ring (bicyclic) bond motifs is 1. The van der Waals surface area contributed by atoms with Gasteiger partial charge in [0.25, 0.3) is 0 Å². The highest BCUT2D eigenvalue weighted by Crippen LogP contribution is 2.37. The molecule has 0 aliphatic carbocycles. The second-order valence-corrected chi connectivity index (χ2v) is 10.8. The summed E-state index contributed by atoms with van der Waals surface area (Å²) in [7, 11) is 1.72. The van der Waals surface area contributed by atoms with Gasteiger partial charge in [-0.25, -0.2) is 9.37 Å². The molecule has 0 bridgehead atoms. The molecule has 1 aromatic heterocycles. The van der Waals surface area contributed by atoms with E-state index in [1.165, 1.54) is 17.7 Å². The Labute approximate surface area is 229 Å². The summed E-state index contributed by atoms with van der Waals surface area (Å²) in [5.74, 6) is 0.734. The number of aromatic nitrogens is 1. The molecule has 5 rings (SSSR count). The average molecular weight is 542 g/mol. The number of carboxylic acid groups (broad SMARTS) is 1. The summed E-state index contributed by atoms with van der Waals surface area (Å²) in [6, 6.07) is 5.80. The number of carboxylic acids is 1. The normalized spacial score (nSPS) is 19.1. The molecular formula is C30H40FN3O5. The van der Waals surface area contributed by atoms with Gasteiger partial charge in [0.2, 0.25) is 0 Å². The smallest absolute Gasteiger partial charge is 0.325 e. The van der Waals surface area contributed by atoms with Crippen molar-refractivity contribution in [2.24, 2.45) is 0 Å². The van der Waals surface area contributed by atoms with Crippen molar-refractivity contribution in [1.29, 1.82) is 0 Å². The number of methoxy groups -OCH3 is 1. The van der Waals surface area contributed by atoms with E-state index in [1.54, 1.807) is 13.2 Å². The number of rotatable bonds is 12. The number of likely N-dealkylation sites (tertiary alicyclic amines) is 1. The van der Waals surface area contributed by atoms with Crippen LogP contribution in [-0.2, 0) is 27.1 Å². The van der Waals surface area contributed by atoms with E-state index in [-0.39, 0.29) is 12.0 Å². The van der Waals surface area contributed by atoms with Gasteiger partial charge >= 0.3 is 5.97 Å². The Morgan fingerprint density at radius 3 is 2.82 bits per heavy atom. The van der Waals surface area contributed by atoms with Gasteiger partial charge in [0.15, 0.2) is 0 Å². The van der Waals surface area contributed by atoms with Gasteiger partial charge in [0.05, 0.1) is 13.2 Å². The molecule has 2 fully saturated rings. The first-order chi connectivity index (χ1) is 19.0. The van der Waals surface area contributed by atoms with Crippen molar-refractivity contribution in [2.75, 3.05) is 51.9 Å². The molecule has 0 radical (unpaired) electrons. The number of benzene rings is 1. The maximum atomic E-state index is 14.2. The summed E-state index contributed by atoms with van der Waals surface area (Å²) >= 11 is 0. The number of hydrogen-bond acceptors (Lipinski definition) is 7. The third kappa shape index (κ3) is 6.70. The number of ether oxygens (including phenoxy) is 3. The predicted octanol–water partition coefficient (Wildman–Crippen LogP) is 4.72. The van der Waals surface area contributed by atoms with E-state index in [4.69, 9.17) is 19.2 Å². The largest absolute Gasteiger partial charge is 0.496 e. The van der Waals surface area contributed by atoms with Gasteiger partial charge in [-0.05, 0) is 74.1 Å². The summed E-state index contributed by atoms with van der Waals surface area (Å²) < 4.78 is 31.3. The number of nitrogens with zero attached hydrogens (tertiary/aromatic N) is 2. The fraction of sp³-hybridized carbons (Fsp3) is 0.600. The average Bonchev–Trinajstić information content (AvgIpc) is 2.93. The Morgan fingerprint density at radius 1 is 1.23 bits per heavy atom. The van der Waals surface area contributed by atoms with Gasteiger partial charge in [-0.1, -0.05) is 12.5 Å². The highest BCUT2D eigenvalue weighted by molar-refractivity contribution is 5.76. The number of pyridine rings is 1. The number of unbranched alkanes of at least 4 members (excludes halogenated alkanes) is 2. The van der Waals surface area contributed by atoms with E-state index >= 15 is 0 Å². The number of carbonyl (C=O) groups is 1. The lowest BCUT2D eigenvalue weighted by molar-refractivity contribution is -0.151. The minimum atomic E-state index is -0.949. The lowest BCUT2D eigenvalue weighted by Gasteiger charge is -2.43. The van der Waals surface area contributed by atoms with Crippen molar-refractivity contribution < 1.29 is 28.5 Å². The molecule has 2 N–H and O–H groups in total. The number of halogens is 1. The van der Waals surface area contributed by atoms with Crippen LogP contribution in [0.15, 0.2) is 24.3 Å². The number of hydrogen-bond donors (Lipinski definition) is 2. The van der Waals surface area contributed by atoms with Gasteiger partial charge in [-0.15, -0.1) is 0 Å². The fourth-order valence-corrected chi connectivity index (χ4v) is 6.04. The number of anilines is 1. The molecule has 0 amide bonds. The molecule has 1 atom stereocenters. The van der Waals surface area contributed by atoms with Crippen LogP contribution in [0.3, 0.4) is 0 Å². The molecule has 8 nitrogen and oxygen atoms in total. The maximum Gasteiger partial charge on any atom is 0.325 e. The summed E-state index contributed by atoms with van der Waals surface area (Å²) in [4.78, 5) is 19.0. The molecule has 0 saturated carbocycles. The van der Waals surface area contributed by atoms with E-state index in [2.05, 4.69) is 11.4 Å². The second-order valence-electron chi connectivity index (χ2n) is 10.8. The van der Waals surface area contributed by atoms with Gasteiger partial charge in [-0.3, -0.25) is 9.69 Å². The topological polar surface area (TPSA) is 93.2 Å². The van der Waals surface area contributed by atoms with E-state index < -0.39 is 17.8 Å². The Kier molecular flexibility index (Phi) is 9.32. The SMILES string of the molecule is COc1cc(CCCCCOC2CN(C(C(=O)O)c3cc(F)ccc3C3CCOCC3)C2)nc2c1CCCN2. The molecular weight excluding hydrogens is 501 g/mol. The Bertz CT molecular complexity index is 1120. The monoisotopic (exact) mass is 541 g/mol. The van der Waals surface area contributed by atoms with Gasteiger partial charge in [0.1, 0.15) is 23.4 Å². The minimum Gasteiger partial charge on any atom is -0.496 e. The van der Waals surface area contributed by atoms with Crippen molar-refractivity contribution >= 4 is 11.8 Å². The molecule has 4 heterocycles. The van der Waals surface area contributed by atoms with E-state index in [0.29, 0.717) is 38.5 Å². The first-order valence-corrected chi connectivity index (χ1v) is 14.3. The van der Waals surface area contributed by atoms with Crippen LogP contribution in [-0.4, -0.2) is 73.6 Å². The van der Waals surface area contributed by atoms with E-state index in [0.717, 1.165) is 80.7 Å². The molecule has 9 heteroatoms. The van der Waals surface area contributed by atoms with Crippen LogP contribution in [0.2, 0.25) is 0 Å². The number of aliphatic carboxylic acids is 1. The highest BCUT2D eigenvalue weighted by Gasteiger charge is 2.39. The lowest BCUT2D eigenvalue weighted by Crippen LogP contribution is -2.55. The lowest BCUT2D eigenvalue weighted by atomic mass is 9.84. The molecule has 2 aromatic rings. The molecule has 3 aliphatic rings. The van der Waals surface area contributed by atoms with Crippen molar-refractivity contribution in [2.45, 2.75) is 69.4 Å². The van der Waals surface area contributed by atoms with Crippen LogP contribution in [0.4, 0.5) is 10.2 Å². The summed E-state index contributed by atoms with van der Waals surface area (Å²) in [6.07, 6.45) is 7.63. The molecule has 1 aromatic carbocycles. The second kappa shape index (κ2) is 13.1.